The molecule has 1 aromatic rings. The van der Waals surface area contributed by atoms with Gasteiger partial charge >= 0.3 is 0 Å². The summed E-state index contributed by atoms with van der Waals surface area (Å²) in [6.45, 7) is 18.3. The average Bonchev–Trinajstić information content (AvgIpc) is 2.71. The summed E-state index contributed by atoms with van der Waals surface area (Å²) in [6, 6.07) is 3.98. The molecule has 3 heteroatoms. The van der Waals surface area contributed by atoms with Crippen molar-refractivity contribution >= 4 is 12.6 Å². The molecule has 2 rings (SSSR count). The van der Waals surface area contributed by atoms with E-state index in [-0.39, 0.29) is 5.92 Å². The number of phenols is 1. The van der Waals surface area contributed by atoms with Gasteiger partial charge in [-0.1, -0.05) is 64.0 Å². The molecule has 0 aromatic heterocycles. The summed E-state index contributed by atoms with van der Waals surface area (Å²) >= 11 is 3.53. The molecule has 1 aromatic carbocycles. The summed E-state index contributed by atoms with van der Waals surface area (Å²) in [4.78, 5) is 0. The number of rotatable bonds is 8. The number of phenolic OH excluding ortho intramolecular Hbond substituents is 1. The molecule has 0 bridgehead atoms. The van der Waals surface area contributed by atoms with Crippen LogP contribution in [0.1, 0.15) is 83.8 Å². The number of aromatic hydroxyl groups is 1. The Bertz CT molecular complexity index is 661. The van der Waals surface area contributed by atoms with E-state index in [9.17, 15) is 5.11 Å². The van der Waals surface area contributed by atoms with E-state index < -0.39 is 0 Å². The standard InChI is InChI=1S/C23H32O2.C2H6.CH4S/c1-6-8-9-10-18-14-21(24)23(22(15-18)25-7-2)20-13-17(5)11-12-19(20)16(3)4;2*1-2/h7,13-15,19-20,24H,2-3,6,8-12H2,1,4-5H3;1-2H3;2H,1H3/t19?,20-;;/m0../s1. The van der Waals surface area contributed by atoms with E-state index in [1.54, 1.807) is 6.26 Å². The maximum Gasteiger partial charge on any atom is 0.134 e. The molecule has 164 valence electrons. The first-order valence-corrected chi connectivity index (χ1v) is 11.8. The summed E-state index contributed by atoms with van der Waals surface area (Å²) in [5.41, 5.74) is 4.50. The van der Waals surface area contributed by atoms with Crippen LogP contribution in [-0.4, -0.2) is 11.4 Å². The zero-order valence-corrected chi connectivity index (χ0v) is 20.3. The fourth-order valence-electron chi connectivity index (χ4n) is 3.82. The van der Waals surface area contributed by atoms with Crippen LogP contribution in [0.25, 0.3) is 0 Å². The minimum Gasteiger partial charge on any atom is -0.507 e. The Hall–Kier alpha value is -1.61. The van der Waals surface area contributed by atoms with E-state index in [0.29, 0.717) is 11.7 Å². The van der Waals surface area contributed by atoms with Crippen molar-refractivity contribution in [3.05, 3.63) is 59.9 Å². The predicted octanol–water partition coefficient (Wildman–Crippen LogP) is 8.24. The third-order valence-electron chi connectivity index (χ3n) is 5.17. The van der Waals surface area contributed by atoms with Crippen LogP contribution in [0.5, 0.6) is 11.5 Å². The number of thiol groups is 1. The smallest absolute Gasteiger partial charge is 0.134 e. The Morgan fingerprint density at radius 2 is 1.93 bits per heavy atom. The van der Waals surface area contributed by atoms with Crippen LogP contribution in [0.2, 0.25) is 0 Å². The fraction of sp³-hybridized carbons (Fsp3) is 0.538. The van der Waals surface area contributed by atoms with E-state index >= 15 is 0 Å². The zero-order chi connectivity index (χ0) is 22.4. The van der Waals surface area contributed by atoms with Gasteiger partial charge < -0.3 is 9.84 Å². The number of ether oxygens (including phenoxy) is 1. The Labute approximate surface area is 185 Å². The van der Waals surface area contributed by atoms with Gasteiger partial charge in [-0.2, -0.15) is 12.6 Å². The Kier molecular flexibility index (Phi) is 14.4. The molecule has 0 saturated carbocycles. The topological polar surface area (TPSA) is 29.5 Å². The van der Waals surface area contributed by atoms with Crippen LogP contribution in [0, 0.1) is 5.92 Å². The highest BCUT2D eigenvalue weighted by Gasteiger charge is 2.30. The molecule has 0 saturated heterocycles. The summed E-state index contributed by atoms with van der Waals surface area (Å²) in [5, 5.41) is 10.8. The minimum atomic E-state index is 0.103. The lowest BCUT2D eigenvalue weighted by Crippen LogP contribution is -2.17. The van der Waals surface area contributed by atoms with Gasteiger partial charge in [-0.3, -0.25) is 0 Å². The van der Waals surface area contributed by atoms with Crippen LogP contribution in [0.15, 0.2) is 48.8 Å². The van der Waals surface area contributed by atoms with E-state index in [2.05, 4.69) is 58.7 Å². The molecule has 0 radical (unpaired) electrons. The van der Waals surface area contributed by atoms with Crippen molar-refractivity contribution in [3.63, 3.8) is 0 Å². The van der Waals surface area contributed by atoms with Gasteiger partial charge in [-0.05, 0) is 69.4 Å². The number of benzene rings is 1. The quantitative estimate of drug-likeness (QED) is 0.193. The van der Waals surface area contributed by atoms with E-state index in [0.717, 1.165) is 48.1 Å². The highest BCUT2D eigenvalue weighted by Crippen LogP contribution is 2.47. The molecule has 1 aliphatic rings. The van der Waals surface area contributed by atoms with Crippen molar-refractivity contribution in [1.29, 1.82) is 0 Å². The third kappa shape index (κ3) is 8.34. The van der Waals surface area contributed by atoms with Crippen molar-refractivity contribution in [2.75, 3.05) is 6.26 Å². The highest BCUT2D eigenvalue weighted by atomic mass is 32.1. The number of unbranched alkanes of at least 4 members (excludes halogenated alkanes) is 2. The van der Waals surface area contributed by atoms with Gasteiger partial charge in [-0.25, -0.2) is 0 Å². The van der Waals surface area contributed by atoms with Gasteiger partial charge in [0.1, 0.15) is 11.5 Å². The molecule has 1 N–H and O–H groups in total. The molecule has 0 amide bonds. The van der Waals surface area contributed by atoms with Gasteiger partial charge in [-0.15, -0.1) is 0 Å². The monoisotopic (exact) mass is 418 g/mol. The van der Waals surface area contributed by atoms with Crippen LogP contribution < -0.4 is 4.74 Å². The normalized spacial score (nSPS) is 17.7. The number of hydrogen-bond acceptors (Lipinski definition) is 3. The van der Waals surface area contributed by atoms with E-state index in [1.807, 2.05) is 19.9 Å². The molecule has 0 aliphatic heterocycles. The Balaban J connectivity index is 0.00000184. The number of hydrogen-bond donors (Lipinski definition) is 2. The highest BCUT2D eigenvalue weighted by molar-refractivity contribution is 7.79. The zero-order valence-electron chi connectivity index (χ0n) is 19.4. The van der Waals surface area contributed by atoms with Crippen molar-refractivity contribution in [2.45, 2.75) is 79.1 Å². The van der Waals surface area contributed by atoms with Crippen LogP contribution >= 0.6 is 12.6 Å². The minimum absolute atomic E-state index is 0.103. The van der Waals surface area contributed by atoms with E-state index in [4.69, 9.17) is 4.74 Å². The van der Waals surface area contributed by atoms with Crippen molar-refractivity contribution in [2.24, 2.45) is 5.92 Å². The first kappa shape index (κ1) is 27.4. The van der Waals surface area contributed by atoms with Crippen molar-refractivity contribution in [3.8, 4) is 11.5 Å². The second kappa shape index (κ2) is 15.3. The Morgan fingerprint density at radius 3 is 2.48 bits per heavy atom. The predicted molar refractivity (Wildman–Crippen MR) is 132 cm³/mol. The SMILES string of the molecule is C=COc1cc(CCCCC)cc(O)c1[C@H]1C=C(C)CCC1C(=C)C.CC.CS. The summed E-state index contributed by atoms with van der Waals surface area (Å²) in [6.07, 6.45) is 12.0. The Morgan fingerprint density at radius 1 is 1.28 bits per heavy atom. The summed E-state index contributed by atoms with van der Waals surface area (Å²) in [7, 11) is 0. The molecule has 0 spiro atoms. The average molecular weight is 419 g/mol. The first-order chi connectivity index (χ1) is 14.0. The van der Waals surface area contributed by atoms with Gasteiger partial charge in [0.05, 0.1) is 6.26 Å². The van der Waals surface area contributed by atoms with Gasteiger partial charge in [0.15, 0.2) is 0 Å². The first-order valence-electron chi connectivity index (χ1n) is 10.9. The van der Waals surface area contributed by atoms with Crippen LogP contribution in [-0.2, 0) is 6.42 Å². The molecule has 0 fully saturated rings. The summed E-state index contributed by atoms with van der Waals surface area (Å²) in [5.74, 6) is 1.48. The van der Waals surface area contributed by atoms with Crippen molar-refractivity contribution in [1.82, 2.24) is 0 Å². The van der Waals surface area contributed by atoms with Crippen LogP contribution in [0.4, 0.5) is 0 Å². The fourth-order valence-corrected chi connectivity index (χ4v) is 3.82. The lowest BCUT2D eigenvalue weighted by molar-refractivity contribution is 0.410. The maximum absolute atomic E-state index is 10.8. The lowest BCUT2D eigenvalue weighted by Gasteiger charge is -2.32. The molecule has 2 atom stereocenters. The molecule has 29 heavy (non-hydrogen) atoms. The van der Waals surface area contributed by atoms with Gasteiger partial charge in [0.25, 0.3) is 0 Å². The molecular weight excluding hydrogens is 376 g/mol. The lowest BCUT2D eigenvalue weighted by atomic mass is 9.73. The summed E-state index contributed by atoms with van der Waals surface area (Å²) < 4.78 is 5.73. The molecular formula is C26H42O2S. The molecule has 1 aliphatic carbocycles. The van der Waals surface area contributed by atoms with Crippen LogP contribution in [0.3, 0.4) is 0 Å². The second-order valence-electron chi connectivity index (χ2n) is 7.30. The van der Waals surface area contributed by atoms with Gasteiger partial charge in [0.2, 0.25) is 0 Å². The van der Waals surface area contributed by atoms with Gasteiger partial charge in [0, 0.05) is 11.5 Å². The van der Waals surface area contributed by atoms with E-state index in [1.165, 1.54) is 24.7 Å². The number of allylic oxidation sites excluding steroid dienone is 3. The largest absolute Gasteiger partial charge is 0.507 e. The second-order valence-corrected chi connectivity index (χ2v) is 7.30. The maximum atomic E-state index is 10.8. The molecule has 0 heterocycles. The molecule has 2 nitrogen and oxygen atoms in total. The number of aryl methyl sites for hydroxylation is 1. The van der Waals surface area contributed by atoms with Crippen molar-refractivity contribution < 1.29 is 9.84 Å². The third-order valence-corrected chi connectivity index (χ3v) is 5.17. The molecule has 1 unspecified atom stereocenters.